The Morgan fingerprint density at radius 1 is 1.34 bits per heavy atom. The normalized spacial score (nSPS) is 16.5. The molecule has 29 heavy (non-hydrogen) atoms. The van der Waals surface area contributed by atoms with Crippen LogP contribution in [-0.4, -0.2) is 17.1 Å². The van der Waals surface area contributed by atoms with Gasteiger partial charge in [-0.2, -0.15) is 0 Å². The number of ether oxygens (including phenoxy) is 1. The van der Waals surface area contributed by atoms with Crippen LogP contribution in [0.5, 0.6) is 0 Å². The van der Waals surface area contributed by atoms with Crippen molar-refractivity contribution in [3.63, 3.8) is 0 Å². The van der Waals surface area contributed by atoms with E-state index in [9.17, 15) is 9.59 Å². The van der Waals surface area contributed by atoms with E-state index in [1.165, 1.54) is 15.9 Å². The van der Waals surface area contributed by atoms with Gasteiger partial charge >= 0.3 is 5.97 Å². The van der Waals surface area contributed by atoms with Crippen molar-refractivity contribution in [3.05, 3.63) is 90.0 Å². The molecule has 0 N–H and O–H groups in total. The van der Waals surface area contributed by atoms with Gasteiger partial charge in [0.2, 0.25) is 0 Å². The van der Waals surface area contributed by atoms with E-state index in [1.54, 1.807) is 56.5 Å². The monoisotopic (exact) mass is 428 g/mol. The molecular formula is C21H17ClN2O4S. The van der Waals surface area contributed by atoms with Gasteiger partial charge in [0.05, 0.1) is 28.7 Å². The van der Waals surface area contributed by atoms with Gasteiger partial charge in [-0.15, -0.1) is 0 Å². The minimum atomic E-state index is -0.724. The van der Waals surface area contributed by atoms with Gasteiger partial charge in [-0.05, 0) is 37.6 Å². The Balaban J connectivity index is 2.00. The van der Waals surface area contributed by atoms with Crippen LogP contribution in [0.2, 0.25) is 5.02 Å². The second-order valence-corrected chi connectivity index (χ2v) is 7.76. The molecular weight excluding hydrogens is 412 g/mol. The van der Waals surface area contributed by atoms with Crippen molar-refractivity contribution in [1.82, 2.24) is 4.57 Å². The highest BCUT2D eigenvalue weighted by Gasteiger charge is 2.34. The molecule has 6 nitrogen and oxygen atoms in total. The summed E-state index contributed by atoms with van der Waals surface area (Å²) in [4.78, 5) is 31.1. The molecule has 0 radical (unpaired) electrons. The SMILES string of the molecule is CCOC(=O)C1=C(C)N=c2sc(=Cc3ccco3)c(=O)n2C1c1ccccc1Cl. The molecule has 4 rings (SSSR count). The fourth-order valence-corrected chi connectivity index (χ4v) is 4.55. The lowest BCUT2D eigenvalue weighted by molar-refractivity contribution is -0.139. The number of furan rings is 1. The second kappa shape index (κ2) is 7.85. The molecule has 0 fully saturated rings. The fraction of sp³-hybridized carbons (Fsp3) is 0.190. The first-order valence-electron chi connectivity index (χ1n) is 8.99. The van der Waals surface area contributed by atoms with Crippen LogP contribution in [0.4, 0.5) is 0 Å². The number of carbonyl (C=O) groups is 1. The number of rotatable bonds is 4. The molecule has 0 amide bonds. The Bertz CT molecular complexity index is 1280. The summed E-state index contributed by atoms with van der Waals surface area (Å²) in [5, 5.41) is 0.453. The number of carbonyl (C=O) groups excluding carboxylic acids is 1. The summed E-state index contributed by atoms with van der Waals surface area (Å²) < 4.78 is 12.5. The number of nitrogens with zero attached hydrogens (tertiary/aromatic N) is 2. The fourth-order valence-electron chi connectivity index (χ4n) is 3.29. The lowest BCUT2D eigenvalue weighted by atomic mass is 9.96. The molecule has 8 heteroatoms. The lowest BCUT2D eigenvalue weighted by Gasteiger charge is -2.25. The number of hydrogen-bond acceptors (Lipinski definition) is 6. The van der Waals surface area contributed by atoms with Crippen molar-refractivity contribution in [2.24, 2.45) is 4.99 Å². The minimum absolute atomic E-state index is 0.216. The van der Waals surface area contributed by atoms with Gasteiger partial charge in [-0.1, -0.05) is 41.1 Å². The molecule has 1 aliphatic rings. The molecule has 2 aromatic heterocycles. The predicted molar refractivity (Wildman–Crippen MR) is 111 cm³/mol. The first-order valence-corrected chi connectivity index (χ1v) is 10.2. The van der Waals surface area contributed by atoms with E-state index >= 15 is 0 Å². The van der Waals surface area contributed by atoms with Gasteiger partial charge in [0.25, 0.3) is 5.56 Å². The Labute approximate surface area is 175 Å². The number of hydrogen-bond donors (Lipinski definition) is 0. The van der Waals surface area contributed by atoms with Crippen LogP contribution in [0.1, 0.15) is 31.2 Å². The highest BCUT2D eigenvalue weighted by atomic mass is 35.5. The number of allylic oxidation sites excluding steroid dienone is 1. The number of aromatic nitrogens is 1. The van der Waals surface area contributed by atoms with Crippen LogP contribution in [0.15, 0.2) is 68.1 Å². The maximum absolute atomic E-state index is 13.3. The Morgan fingerprint density at radius 3 is 2.83 bits per heavy atom. The third-order valence-corrected chi connectivity index (χ3v) is 5.86. The molecule has 1 unspecified atom stereocenters. The first-order chi connectivity index (χ1) is 14.0. The van der Waals surface area contributed by atoms with Crippen molar-refractivity contribution in [3.8, 4) is 0 Å². The highest BCUT2D eigenvalue weighted by molar-refractivity contribution is 7.07. The maximum atomic E-state index is 13.3. The lowest BCUT2D eigenvalue weighted by Crippen LogP contribution is -2.40. The van der Waals surface area contributed by atoms with Gasteiger partial charge in [-0.25, -0.2) is 9.79 Å². The van der Waals surface area contributed by atoms with Crippen molar-refractivity contribution in [2.75, 3.05) is 6.61 Å². The van der Waals surface area contributed by atoms with Crippen LogP contribution < -0.4 is 14.9 Å². The van der Waals surface area contributed by atoms with E-state index in [2.05, 4.69) is 4.99 Å². The third kappa shape index (κ3) is 3.47. The molecule has 148 valence electrons. The molecule has 1 atom stereocenters. The van der Waals surface area contributed by atoms with Crippen LogP contribution in [0, 0.1) is 0 Å². The first kappa shape index (κ1) is 19.4. The zero-order chi connectivity index (χ0) is 20.5. The molecule has 3 aromatic rings. The Kier molecular flexibility index (Phi) is 5.25. The third-order valence-electron chi connectivity index (χ3n) is 4.53. The largest absolute Gasteiger partial charge is 0.465 e. The summed E-state index contributed by atoms with van der Waals surface area (Å²) in [6.45, 7) is 3.68. The standard InChI is InChI=1S/C21H17ClN2O4S/c1-3-27-20(26)17-12(2)23-21-24(18(17)14-8-4-5-9-15(14)22)19(25)16(29-21)11-13-7-6-10-28-13/h4-11,18H,3H2,1-2H3. The van der Waals surface area contributed by atoms with Gasteiger partial charge in [-0.3, -0.25) is 9.36 Å². The summed E-state index contributed by atoms with van der Waals surface area (Å²) >= 11 is 7.69. The summed E-state index contributed by atoms with van der Waals surface area (Å²) in [6.07, 6.45) is 3.20. The van der Waals surface area contributed by atoms with Crippen LogP contribution in [-0.2, 0) is 9.53 Å². The summed E-state index contributed by atoms with van der Waals surface area (Å²) in [5.74, 6) is 0.0462. The van der Waals surface area contributed by atoms with Crippen LogP contribution >= 0.6 is 22.9 Å². The van der Waals surface area contributed by atoms with Crippen LogP contribution in [0.25, 0.3) is 6.08 Å². The molecule has 0 saturated heterocycles. The van der Waals surface area contributed by atoms with Crippen molar-refractivity contribution < 1.29 is 13.9 Å². The van der Waals surface area contributed by atoms with Crippen molar-refractivity contribution in [2.45, 2.75) is 19.9 Å². The second-order valence-electron chi connectivity index (χ2n) is 6.34. The molecule has 0 bridgehead atoms. The Morgan fingerprint density at radius 2 is 2.14 bits per heavy atom. The van der Waals surface area contributed by atoms with E-state index in [-0.39, 0.29) is 12.2 Å². The number of thiazole rings is 1. The summed E-state index contributed by atoms with van der Waals surface area (Å²) in [6, 6.07) is 9.93. The summed E-state index contributed by atoms with van der Waals surface area (Å²) in [5.41, 5.74) is 1.16. The van der Waals surface area contributed by atoms with E-state index in [1.807, 2.05) is 6.07 Å². The maximum Gasteiger partial charge on any atom is 0.338 e. The molecule has 1 aromatic carbocycles. The molecule has 0 aliphatic carbocycles. The zero-order valence-corrected chi connectivity index (χ0v) is 17.3. The van der Waals surface area contributed by atoms with Gasteiger partial charge in [0, 0.05) is 11.1 Å². The van der Waals surface area contributed by atoms with Gasteiger partial charge in [0.1, 0.15) is 11.8 Å². The smallest absolute Gasteiger partial charge is 0.338 e. The highest BCUT2D eigenvalue weighted by Crippen LogP contribution is 2.34. The van der Waals surface area contributed by atoms with E-state index in [0.29, 0.717) is 37.0 Å². The van der Waals surface area contributed by atoms with Crippen molar-refractivity contribution in [1.29, 1.82) is 0 Å². The average molecular weight is 429 g/mol. The molecule has 0 spiro atoms. The minimum Gasteiger partial charge on any atom is -0.465 e. The number of esters is 1. The van der Waals surface area contributed by atoms with Crippen molar-refractivity contribution >= 4 is 35.0 Å². The van der Waals surface area contributed by atoms with E-state index < -0.39 is 12.0 Å². The topological polar surface area (TPSA) is 73.8 Å². The number of fused-ring (bicyclic) bond motifs is 1. The number of halogens is 1. The van der Waals surface area contributed by atoms with Crippen LogP contribution in [0.3, 0.4) is 0 Å². The van der Waals surface area contributed by atoms with Gasteiger partial charge < -0.3 is 9.15 Å². The number of benzene rings is 1. The van der Waals surface area contributed by atoms with Gasteiger partial charge in [0.15, 0.2) is 4.80 Å². The summed E-state index contributed by atoms with van der Waals surface area (Å²) in [7, 11) is 0. The average Bonchev–Trinajstić information content (AvgIpc) is 3.30. The van der Waals surface area contributed by atoms with E-state index in [0.717, 1.165) is 0 Å². The Hall–Kier alpha value is -2.90. The zero-order valence-electron chi connectivity index (χ0n) is 15.7. The molecule has 3 heterocycles. The predicted octanol–water partition coefficient (Wildman–Crippen LogP) is 3.04. The molecule has 1 aliphatic heterocycles. The van der Waals surface area contributed by atoms with E-state index in [4.69, 9.17) is 20.8 Å². The molecule has 0 saturated carbocycles. The quantitative estimate of drug-likeness (QED) is 0.599.